The summed E-state index contributed by atoms with van der Waals surface area (Å²) in [6.45, 7) is 8.61. The molecule has 1 unspecified atom stereocenters. The minimum Gasteiger partial charge on any atom is -0.313 e. The summed E-state index contributed by atoms with van der Waals surface area (Å²) in [5, 5.41) is 3.57. The van der Waals surface area contributed by atoms with Crippen molar-refractivity contribution >= 4 is 0 Å². The average molecular weight is 211 g/mol. The van der Waals surface area contributed by atoms with Gasteiger partial charge in [-0.05, 0) is 59.4 Å². The molecule has 88 valence electrons. The SMILES string of the molecule is CC1CN(C2CCN(C)CC2)CCCN1. The molecule has 15 heavy (non-hydrogen) atoms. The van der Waals surface area contributed by atoms with E-state index in [9.17, 15) is 0 Å². The highest BCUT2D eigenvalue weighted by Gasteiger charge is 2.25. The summed E-state index contributed by atoms with van der Waals surface area (Å²) < 4.78 is 0. The molecule has 0 bridgehead atoms. The van der Waals surface area contributed by atoms with E-state index < -0.39 is 0 Å². The van der Waals surface area contributed by atoms with Crippen LogP contribution in [0.1, 0.15) is 26.2 Å². The largest absolute Gasteiger partial charge is 0.313 e. The first-order chi connectivity index (χ1) is 7.25. The van der Waals surface area contributed by atoms with Crippen LogP contribution in [0.4, 0.5) is 0 Å². The molecule has 2 aliphatic heterocycles. The molecule has 2 aliphatic rings. The van der Waals surface area contributed by atoms with E-state index >= 15 is 0 Å². The molecule has 2 heterocycles. The topological polar surface area (TPSA) is 18.5 Å². The quantitative estimate of drug-likeness (QED) is 0.691. The number of rotatable bonds is 1. The van der Waals surface area contributed by atoms with E-state index in [0.717, 1.165) is 6.04 Å². The molecule has 0 amide bonds. The van der Waals surface area contributed by atoms with E-state index in [0.29, 0.717) is 6.04 Å². The number of likely N-dealkylation sites (tertiary alicyclic amines) is 1. The lowest BCUT2D eigenvalue weighted by atomic mass is 10.0. The van der Waals surface area contributed by atoms with Crippen molar-refractivity contribution in [3.05, 3.63) is 0 Å². The number of nitrogens with zero attached hydrogens (tertiary/aromatic N) is 2. The van der Waals surface area contributed by atoms with Crippen LogP contribution in [0.25, 0.3) is 0 Å². The number of hydrogen-bond donors (Lipinski definition) is 1. The van der Waals surface area contributed by atoms with Gasteiger partial charge in [0.05, 0.1) is 0 Å². The third-order valence-corrected chi connectivity index (χ3v) is 3.83. The molecule has 3 heteroatoms. The third kappa shape index (κ3) is 3.16. The van der Waals surface area contributed by atoms with Gasteiger partial charge in [0, 0.05) is 18.6 Å². The Morgan fingerprint density at radius 1 is 1.13 bits per heavy atom. The van der Waals surface area contributed by atoms with Gasteiger partial charge < -0.3 is 10.2 Å². The Balaban J connectivity index is 1.85. The normalized spacial score (nSPS) is 32.8. The third-order valence-electron chi connectivity index (χ3n) is 3.83. The smallest absolute Gasteiger partial charge is 0.0166 e. The van der Waals surface area contributed by atoms with Crippen LogP contribution in [0.2, 0.25) is 0 Å². The Morgan fingerprint density at radius 2 is 1.87 bits per heavy atom. The number of nitrogens with one attached hydrogen (secondary N) is 1. The van der Waals surface area contributed by atoms with Crippen LogP contribution in [-0.2, 0) is 0 Å². The maximum absolute atomic E-state index is 3.57. The minimum atomic E-state index is 0.673. The van der Waals surface area contributed by atoms with E-state index in [2.05, 4.69) is 29.1 Å². The first kappa shape index (κ1) is 11.4. The van der Waals surface area contributed by atoms with Crippen LogP contribution < -0.4 is 5.32 Å². The Labute approximate surface area is 93.8 Å². The second kappa shape index (κ2) is 5.28. The summed E-state index contributed by atoms with van der Waals surface area (Å²) in [7, 11) is 2.24. The molecule has 2 rings (SSSR count). The fraction of sp³-hybridized carbons (Fsp3) is 1.00. The van der Waals surface area contributed by atoms with Gasteiger partial charge in [-0.1, -0.05) is 0 Å². The lowest BCUT2D eigenvalue weighted by molar-refractivity contribution is 0.120. The molecule has 0 aromatic rings. The minimum absolute atomic E-state index is 0.673. The van der Waals surface area contributed by atoms with Crippen molar-refractivity contribution in [3.63, 3.8) is 0 Å². The summed E-state index contributed by atoms with van der Waals surface area (Å²) in [5.74, 6) is 0. The first-order valence-corrected chi connectivity index (χ1v) is 6.41. The molecule has 0 aromatic carbocycles. The summed E-state index contributed by atoms with van der Waals surface area (Å²) in [4.78, 5) is 5.17. The number of piperidine rings is 1. The lowest BCUT2D eigenvalue weighted by Gasteiger charge is -2.37. The fourth-order valence-corrected chi connectivity index (χ4v) is 2.83. The molecule has 0 aromatic heterocycles. The van der Waals surface area contributed by atoms with Gasteiger partial charge in [-0.2, -0.15) is 0 Å². The summed E-state index contributed by atoms with van der Waals surface area (Å²) in [6, 6.07) is 1.52. The van der Waals surface area contributed by atoms with E-state index in [1.807, 2.05) is 0 Å². The van der Waals surface area contributed by atoms with Crippen molar-refractivity contribution in [1.82, 2.24) is 15.1 Å². The van der Waals surface area contributed by atoms with E-state index in [4.69, 9.17) is 0 Å². The second-order valence-corrected chi connectivity index (χ2v) is 5.24. The maximum Gasteiger partial charge on any atom is 0.0166 e. The fourth-order valence-electron chi connectivity index (χ4n) is 2.83. The average Bonchev–Trinajstić information content (AvgIpc) is 2.44. The van der Waals surface area contributed by atoms with Crippen LogP contribution >= 0.6 is 0 Å². The number of hydrogen-bond acceptors (Lipinski definition) is 3. The summed E-state index contributed by atoms with van der Waals surface area (Å²) >= 11 is 0. The predicted molar refractivity (Wildman–Crippen MR) is 64.2 cm³/mol. The monoisotopic (exact) mass is 211 g/mol. The summed E-state index contributed by atoms with van der Waals surface area (Å²) in [6.07, 6.45) is 4.04. The lowest BCUT2D eigenvalue weighted by Crippen LogP contribution is -2.46. The van der Waals surface area contributed by atoms with Gasteiger partial charge in [-0.15, -0.1) is 0 Å². The zero-order chi connectivity index (χ0) is 10.7. The van der Waals surface area contributed by atoms with Crippen molar-refractivity contribution < 1.29 is 0 Å². The molecule has 0 spiro atoms. The highest BCUT2D eigenvalue weighted by atomic mass is 15.2. The van der Waals surface area contributed by atoms with E-state index in [1.54, 1.807) is 0 Å². The molecule has 0 aliphatic carbocycles. The van der Waals surface area contributed by atoms with Crippen molar-refractivity contribution in [1.29, 1.82) is 0 Å². The second-order valence-electron chi connectivity index (χ2n) is 5.24. The molecule has 0 radical (unpaired) electrons. The molecule has 1 N–H and O–H groups in total. The van der Waals surface area contributed by atoms with Crippen LogP contribution in [0.5, 0.6) is 0 Å². The zero-order valence-electron chi connectivity index (χ0n) is 10.2. The molecule has 0 saturated carbocycles. The first-order valence-electron chi connectivity index (χ1n) is 6.41. The Bertz CT molecular complexity index is 187. The van der Waals surface area contributed by atoms with Crippen LogP contribution in [0.3, 0.4) is 0 Å². The van der Waals surface area contributed by atoms with Gasteiger partial charge in [-0.3, -0.25) is 4.90 Å². The van der Waals surface area contributed by atoms with Gasteiger partial charge in [0.1, 0.15) is 0 Å². The van der Waals surface area contributed by atoms with Gasteiger partial charge in [0.2, 0.25) is 0 Å². The van der Waals surface area contributed by atoms with Gasteiger partial charge in [0.25, 0.3) is 0 Å². The highest BCUT2D eigenvalue weighted by Crippen LogP contribution is 2.17. The zero-order valence-corrected chi connectivity index (χ0v) is 10.2. The molecule has 2 fully saturated rings. The molecule has 3 nitrogen and oxygen atoms in total. The van der Waals surface area contributed by atoms with Crippen LogP contribution in [0, 0.1) is 0 Å². The van der Waals surface area contributed by atoms with E-state index in [1.165, 1.54) is 52.0 Å². The van der Waals surface area contributed by atoms with Gasteiger partial charge >= 0.3 is 0 Å². The predicted octanol–water partition coefficient (Wildman–Crippen LogP) is 0.764. The van der Waals surface area contributed by atoms with Crippen molar-refractivity contribution in [2.24, 2.45) is 0 Å². The van der Waals surface area contributed by atoms with Gasteiger partial charge in [-0.25, -0.2) is 0 Å². The van der Waals surface area contributed by atoms with Crippen molar-refractivity contribution in [2.45, 2.75) is 38.3 Å². The Kier molecular flexibility index (Phi) is 4.00. The molecular formula is C12H25N3. The standard InChI is InChI=1S/C12H25N3/c1-11-10-15(7-3-6-13-11)12-4-8-14(2)9-5-12/h11-13H,3-10H2,1-2H3. The highest BCUT2D eigenvalue weighted by molar-refractivity contribution is 4.82. The van der Waals surface area contributed by atoms with Crippen molar-refractivity contribution in [3.8, 4) is 0 Å². The van der Waals surface area contributed by atoms with E-state index in [-0.39, 0.29) is 0 Å². The van der Waals surface area contributed by atoms with Crippen molar-refractivity contribution in [2.75, 3.05) is 39.8 Å². The Morgan fingerprint density at radius 3 is 2.60 bits per heavy atom. The van der Waals surface area contributed by atoms with Gasteiger partial charge in [0.15, 0.2) is 0 Å². The Hall–Kier alpha value is -0.120. The maximum atomic E-state index is 3.57. The van der Waals surface area contributed by atoms with Crippen LogP contribution in [-0.4, -0.2) is 61.7 Å². The molecule has 2 saturated heterocycles. The molecule has 1 atom stereocenters. The summed E-state index contributed by atoms with van der Waals surface area (Å²) in [5.41, 5.74) is 0. The molecular weight excluding hydrogens is 186 g/mol. The van der Waals surface area contributed by atoms with Crippen LogP contribution in [0.15, 0.2) is 0 Å².